The van der Waals surface area contributed by atoms with Gasteiger partial charge in [-0.1, -0.05) is 26.0 Å². The van der Waals surface area contributed by atoms with Crippen molar-refractivity contribution in [3.05, 3.63) is 34.4 Å². The molecular weight excluding hydrogens is 182 g/mol. The van der Waals surface area contributed by atoms with Crippen LogP contribution in [0.2, 0.25) is 0 Å². The molecule has 0 atom stereocenters. The summed E-state index contributed by atoms with van der Waals surface area (Å²) in [7, 11) is 4.23. The molecule has 0 saturated carbocycles. The third-order valence-corrected chi connectivity index (χ3v) is 2.89. The van der Waals surface area contributed by atoms with Gasteiger partial charge in [0, 0.05) is 6.54 Å². The molecule has 0 unspecified atom stereocenters. The van der Waals surface area contributed by atoms with Crippen molar-refractivity contribution >= 4 is 0 Å². The van der Waals surface area contributed by atoms with E-state index >= 15 is 0 Å². The maximum atomic E-state index is 2.35. The molecule has 0 aliphatic rings. The van der Waals surface area contributed by atoms with E-state index in [4.69, 9.17) is 0 Å². The zero-order chi connectivity index (χ0) is 11.6. The Balaban J connectivity index is 3.11. The molecular formula is C14H23N. The lowest BCUT2D eigenvalue weighted by Crippen LogP contribution is -2.11. The predicted octanol–water partition coefficient (Wildman–Crippen LogP) is 3.49. The molecule has 0 aliphatic heterocycles. The van der Waals surface area contributed by atoms with Gasteiger partial charge in [-0.05, 0) is 56.1 Å². The summed E-state index contributed by atoms with van der Waals surface area (Å²) in [5, 5.41) is 0. The lowest BCUT2D eigenvalue weighted by atomic mass is 9.92. The summed E-state index contributed by atoms with van der Waals surface area (Å²) in [5.41, 5.74) is 5.78. The van der Waals surface area contributed by atoms with Crippen LogP contribution in [0.4, 0.5) is 0 Å². The Hall–Kier alpha value is -0.820. The topological polar surface area (TPSA) is 3.24 Å². The molecule has 0 bridgehead atoms. The molecule has 1 nitrogen and oxygen atoms in total. The van der Waals surface area contributed by atoms with Crippen LogP contribution in [0.25, 0.3) is 0 Å². The molecule has 1 heteroatoms. The monoisotopic (exact) mass is 205 g/mol. The van der Waals surface area contributed by atoms with Gasteiger partial charge >= 0.3 is 0 Å². The highest BCUT2D eigenvalue weighted by atomic mass is 15.0. The van der Waals surface area contributed by atoms with Crippen LogP contribution < -0.4 is 0 Å². The molecule has 0 N–H and O–H groups in total. The fourth-order valence-corrected chi connectivity index (χ4v) is 2.02. The Morgan fingerprint density at radius 3 is 2.20 bits per heavy atom. The highest BCUT2D eigenvalue weighted by Gasteiger charge is 2.08. The van der Waals surface area contributed by atoms with Crippen molar-refractivity contribution in [2.45, 2.75) is 40.2 Å². The van der Waals surface area contributed by atoms with Crippen LogP contribution >= 0.6 is 0 Å². The molecule has 0 spiro atoms. The average molecular weight is 205 g/mol. The van der Waals surface area contributed by atoms with Crippen molar-refractivity contribution in [1.29, 1.82) is 0 Å². The number of nitrogens with zero attached hydrogens (tertiary/aromatic N) is 1. The zero-order valence-corrected chi connectivity index (χ0v) is 10.9. The van der Waals surface area contributed by atoms with Crippen molar-refractivity contribution in [1.82, 2.24) is 4.90 Å². The quantitative estimate of drug-likeness (QED) is 0.730. The predicted molar refractivity (Wildman–Crippen MR) is 67.4 cm³/mol. The molecule has 1 rings (SSSR count). The van der Waals surface area contributed by atoms with Gasteiger partial charge in [0.05, 0.1) is 0 Å². The van der Waals surface area contributed by atoms with Gasteiger partial charge in [0.2, 0.25) is 0 Å². The minimum Gasteiger partial charge on any atom is -0.305 e. The maximum absolute atomic E-state index is 2.35. The molecule has 15 heavy (non-hydrogen) atoms. The first kappa shape index (κ1) is 12.3. The van der Waals surface area contributed by atoms with Crippen molar-refractivity contribution in [2.24, 2.45) is 0 Å². The Bertz CT molecular complexity index is 337. The van der Waals surface area contributed by atoms with Crippen molar-refractivity contribution in [2.75, 3.05) is 14.1 Å². The summed E-state index contributed by atoms with van der Waals surface area (Å²) in [5.74, 6) is 0.616. The van der Waals surface area contributed by atoms with Crippen molar-refractivity contribution in [3.8, 4) is 0 Å². The van der Waals surface area contributed by atoms with Crippen LogP contribution in [0.1, 0.15) is 42.0 Å². The van der Waals surface area contributed by atoms with Crippen LogP contribution in [-0.2, 0) is 6.54 Å². The Kier molecular flexibility index (Phi) is 3.92. The number of rotatable bonds is 3. The van der Waals surface area contributed by atoms with E-state index in [0.717, 1.165) is 6.54 Å². The van der Waals surface area contributed by atoms with Crippen LogP contribution in [0.3, 0.4) is 0 Å². The summed E-state index contributed by atoms with van der Waals surface area (Å²) in [4.78, 5) is 2.22. The van der Waals surface area contributed by atoms with Gasteiger partial charge in [-0.15, -0.1) is 0 Å². The minimum absolute atomic E-state index is 0.616. The summed E-state index contributed by atoms with van der Waals surface area (Å²) in [6.07, 6.45) is 0. The zero-order valence-electron chi connectivity index (χ0n) is 10.9. The molecule has 0 aromatic heterocycles. The summed E-state index contributed by atoms with van der Waals surface area (Å²) >= 11 is 0. The second kappa shape index (κ2) is 4.80. The Morgan fingerprint density at radius 2 is 1.73 bits per heavy atom. The number of hydrogen-bond acceptors (Lipinski definition) is 1. The molecule has 0 aliphatic carbocycles. The van der Waals surface area contributed by atoms with Crippen LogP contribution in [0, 0.1) is 13.8 Å². The smallest absolute Gasteiger partial charge is 0.0227 e. The summed E-state index contributed by atoms with van der Waals surface area (Å²) < 4.78 is 0. The van der Waals surface area contributed by atoms with Gasteiger partial charge in [-0.25, -0.2) is 0 Å². The maximum Gasteiger partial charge on any atom is 0.0227 e. The van der Waals surface area contributed by atoms with Gasteiger partial charge in [-0.3, -0.25) is 0 Å². The number of hydrogen-bond donors (Lipinski definition) is 0. The first-order valence-corrected chi connectivity index (χ1v) is 5.66. The van der Waals surface area contributed by atoms with E-state index in [1.165, 1.54) is 22.3 Å². The van der Waals surface area contributed by atoms with Crippen molar-refractivity contribution < 1.29 is 0 Å². The fourth-order valence-electron chi connectivity index (χ4n) is 2.02. The average Bonchev–Trinajstić information content (AvgIpc) is 2.09. The van der Waals surface area contributed by atoms with Gasteiger partial charge in [-0.2, -0.15) is 0 Å². The highest BCUT2D eigenvalue weighted by Crippen LogP contribution is 2.24. The van der Waals surface area contributed by atoms with Crippen LogP contribution in [0.15, 0.2) is 12.1 Å². The van der Waals surface area contributed by atoms with E-state index in [1.807, 2.05) is 0 Å². The van der Waals surface area contributed by atoms with Gasteiger partial charge in [0.1, 0.15) is 0 Å². The first-order chi connectivity index (χ1) is 6.91. The second-order valence-electron chi connectivity index (χ2n) is 5.02. The number of benzene rings is 1. The summed E-state index contributed by atoms with van der Waals surface area (Å²) in [6.45, 7) is 9.99. The minimum atomic E-state index is 0.616. The standard InChI is InChI=1S/C14H23N/c1-10(2)14-8-13(9-15(5)6)7-11(3)12(14)4/h7-8,10H,9H2,1-6H3. The molecule has 0 saturated heterocycles. The SMILES string of the molecule is Cc1cc(CN(C)C)cc(C(C)C)c1C. The molecule has 0 fully saturated rings. The third-order valence-electron chi connectivity index (χ3n) is 2.89. The van der Waals surface area contributed by atoms with Gasteiger partial charge in [0.15, 0.2) is 0 Å². The van der Waals surface area contributed by atoms with Crippen molar-refractivity contribution in [3.63, 3.8) is 0 Å². The van der Waals surface area contributed by atoms with E-state index in [9.17, 15) is 0 Å². The molecule has 1 aromatic carbocycles. The van der Waals surface area contributed by atoms with E-state index in [0.29, 0.717) is 5.92 Å². The third kappa shape index (κ3) is 3.07. The molecule has 0 radical (unpaired) electrons. The normalized spacial score (nSPS) is 11.5. The summed E-state index contributed by atoms with van der Waals surface area (Å²) in [6, 6.07) is 4.66. The second-order valence-corrected chi connectivity index (χ2v) is 5.02. The molecule has 0 amide bonds. The van der Waals surface area contributed by atoms with Crippen LogP contribution in [-0.4, -0.2) is 19.0 Å². The lowest BCUT2D eigenvalue weighted by Gasteiger charge is -2.17. The Labute approximate surface area is 94.1 Å². The lowest BCUT2D eigenvalue weighted by molar-refractivity contribution is 0.402. The van der Waals surface area contributed by atoms with E-state index < -0.39 is 0 Å². The van der Waals surface area contributed by atoms with Crippen LogP contribution in [0.5, 0.6) is 0 Å². The molecule has 84 valence electrons. The van der Waals surface area contributed by atoms with E-state index in [1.54, 1.807) is 0 Å². The Morgan fingerprint density at radius 1 is 1.13 bits per heavy atom. The highest BCUT2D eigenvalue weighted by molar-refractivity contribution is 5.39. The molecule has 0 heterocycles. The molecule has 1 aromatic rings. The first-order valence-electron chi connectivity index (χ1n) is 5.66. The van der Waals surface area contributed by atoms with E-state index in [2.05, 4.69) is 58.8 Å². The van der Waals surface area contributed by atoms with Gasteiger partial charge in [0.25, 0.3) is 0 Å². The van der Waals surface area contributed by atoms with E-state index in [-0.39, 0.29) is 0 Å². The largest absolute Gasteiger partial charge is 0.305 e. The van der Waals surface area contributed by atoms with Gasteiger partial charge < -0.3 is 4.90 Å². The fraction of sp³-hybridized carbons (Fsp3) is 0.571. The number of aryl methyl sites for hydroxylation is 1.